The Morgan fingerprint density at radius 3 is 2.94 bits per heavy atom. The summed E-state index contributed by atoms with van der Waals surface area (Å²) in [6.45, 7) is 0. The first-order valence-corrected chi connectivity index (χ1v) is 6.17. The maximum absolute atomic E-state index is 11.8. The number of fused-ring (bicyclic) bond motifs is 1. The first-order valence-electron chi connectivity index (χ1n) is 4.30. The number of rotatable bonds is 0. The molecule has 2 rings (SSSR count). The number of aromatic nitrogens is 2. The van der Waals surface area contributed by atoms with Crippen molar-refractivity contribution in [3.63, 3.8) is 0 Å². The van der Waals surface area contributed by atoms with Gasteiger partial charge in [-0.05, 0) is 44.6 Å². The van der Waals surface area contributed by atoms with Gasteiger partial charge in [0.1, 0.15) is 11.6 Å². The van der Waals surface area contributed by atoms with Crippen LogP contribution in [0.15, 0.2) is 21.5 Å². The van der Waals surface area contributed by atoms with Crippen LogP contribution in [0.1, 0.15) is 5.69 Å². The fourth-order valence-electron chi connectivity index (χ4n) is 1.38. The first kappa shape index (κ1) is 11.5. The fraction of sp³-hybridized carbons (Fsp3) is 0.100. The van der Waals surface area contributed by atoms with Crippen LogP contribution in [0.2, 0.25) is 0 Å². The predicted octanol–water partition coefficient (Wildman–Crippen LogP) is 2.17. The van der Waals surface area contributed by atoms with Gasteiger partial charge in [0.15, 0.2) is 5.69 Å². The Bertz CT molecular complexity index is 687. The standard InChI is InChI=1S/C10H5BrIN3O/c1-15-4-7(12)5-2-6(11)8(3-13)14-9(5)10(15)16/h2,4H,1H3. The Kier molecular flexibility index (Phi) is 2.99. The summed E-state index contributed by atoms with van der Waals surface area (Å²) in [6, 6.07) is 3.70. The molecule has 6 heteroatoms. The van der Waals surface area contributed by atoms with Crippen molar-refractivity contribution < 1.29 is 0 Å². The van der Waals surface area contributed by atoms with Crippen molar-refractivity contribution in [1.82, 2.24) is 9.55 Å². The number of nitriles is 1. The number of halogens is 2. The summed E-state index contributed by atoms with van der Waals surface area (Å²) in [5.74, 6) is 0. The maximum Gasteiger partial charge on any atom is 0.276 e. The molecule has 0 unspecified atom stereocenters. The van der Waals surface area contributed by atoms with E-state index in [0.717, 1.165) is 8.96 Å². The molecule has 0 atom stereocenters. The number of nitrogens with zero attached hydrogens (tertiary/aromatic N) is 3. The highest BCUT2D eigenvalue weighted by Crippen LogP contribution is 2.22. The number of aryl methyl sites for hydroxylation is 1. The van der Waals surface area contributed by atoms with Gasteiger partial charge in [-0.25, -0.2) is 4.98 Å². The summed E-state index contributed by atoms with van der Waals surface area (Å²) in [5, 5.41) is 9.61. The maximum atomic E-state index is 11.8. The molecule has 0 aliphatic rings. The van der Waals surface area contributed by atoms with Gasteiger partial charge in [-0.15, -0.1) is 0 Å². The van der Waals surface area contributed by atoms with E-state index in [1.807, 2.05) is 6.07 Å². The summed E-state index contributed by atoms with van der Waals surface area (Å²) in [5.41, 5.74) is 0.361. The van der Waals surface area contributed by atoms with Crippen molar-refractivity contribution in [3.8, 4) is 6.07 Å². The van der Waals surface area contributed by atoms with Crippen LogP contribution in [-0.2, 0) is 7.05 Å². The third-order valence-corrected chi connectivity index (χ3v) is 3.63. The van der Waals surface area contributed by atoms with Crippen LogP contribution in [0.4, 0.5) is 0 Å². The van der Waals surface area contributed by atoms with Crippen LogP contribution in [0.3, 0.4) is 0 Å². The Hall–Kier alpha value is -0.940. The van der Waals surface area contributed by atoms with Crippen molar-refractivity contribution in [2.45, 2.75) is 0 Å². The van der Waals surface area contributed by atoms with E-state index in [1.54, 1.807) is 19.3 Å². The number of hydrogen-bond donors (Lipinski definition) is 0. The molecule has 0 spiro atoms. The van der Waals surface area contributed by atoms with Crippen molar-refractivity contribution in [3.05, 3.63) is 36.4 Å². The topological polar surface area (TPSA) is 58.7 Å². The van der Waals surface area contributed by atoms with E-state index in [1.165, 1.54) is 4.57 Å². The average Bonchev–Trinajstić information content (AvgIpc) is 2.25. The zero-order chi connectivity index (χ0) is 11.9. The van der Waals surface area contributed by atoms with Crippen LogP contribution in [-0.4, -0.2) is 9.55 Å². The molecule has 0 aromatic carbocycles. The molecule has 0 amide bonds. The quantitative estimate of drug-likeness (QED) is 0.649. The molecule has 0 aliphatic heterocycles. The zero-order valence-electron chi connectivity index (χ0n) is 8.16. The van der Waals surface area contributed by atoms with E-state index in [9.17, 15) is 4.79 Å². The first-order chi connectivity index (χ1) is 7.54. The number of hydrogen-bond acceptors (Lipinski definition) is 3. The monoisotopic (exact) mass is 389 g/mol. The molecule has 0 saturated heterocycles. The summed E-state index contributed by atoms with van der Waals surface area (Å²) in [7, 11) is 1.67. The van der Waals surface area contributed by atoms with E-state index >= 15 is 0 Å². The van der Waals surface area contributed by atoms with Crippen LogP contribution < -0.4 is 5.56 Å². The second kappa shape index (κ2) is 4.14. The van der Waals surface area contributed by atoms with Gasteiger partial charge in [0.25, 0.3) is 5.56 Å². The molecule has 4 nitrogen and oxygen atoms in total. The molecular formula is C10H5BrIN3O. The van der Waals surface area contributed by atoms with Gasteiger partial charge in [-0.3, -0.25) is 4.79 Å². The molecular weight excluding hydrogens is 385 g/mol. The van der Waals surface area contributed by atoms with Crippen molar-refractivity contribution in [2.24, 2.45) is 7.05 Å². The second-order valence-electron chi connectivity index (χ2n) is 3.22. The van der Waals surface area contributed by atoms with E-state index in [-0.39, 0.29) is 11.3 Å². The predicted molar refractivity (Wildman–Crippen MR) is 72.1 cm³/mol. The largest absolute Gasteiger partial charge is 0.316 e. The minimum absolute atomic E-state index is 0.195. The van der Waals surface area contributed by atoms with Crippen molar-refractivity contribution >= 4 is 49.4 Å². The van der Waals surface area contributed by atoms with E-state index < -0.39 is 0 Å². The van der Waals surface area contributed by atoms with E-state index in [4.69, 9.17) is 5.26 Å². The smallest absolute Gasteiger partial charge is 0.276 e. The van der Waals surface area contributed by atoms with Gasteiger partial charge in [0.2, 0.25) is 0 Å². The van der Waals surface area contributed by atoms with Gasteiger partial charge in [0, 0.05) is 22.2 Å². The lowest BCUT2D eigenvalue weighted by Gasteiger charge is -2.04. The van der Waals surface area contributed by atoms with Gasteiger partial charge in [0.05, 0.1) is 4.47 Å². The highest BCUT2D eigenvalue weighted by Gasteiger charge is 2.10. The molecule has 0 aliphatic carbocycles. The van der Waals surface area contributed by atoms with Crippen molar-refractivity contribution in [2.75, 3.05) is 0 Å². The molecule has 2 heterocycles. The minimum atomic E-state index is -0.195. The Morgan fingerprint density at radius 2 is 2.31 bits per heavy atom. The molecule has 80 valence electrons. The summed E-state index contributed by atoms with van der Waals surface area (Å²) >= 11 is 5.40. The molecule has 2 aromatic rings. The molecule has 0 saturated carbocycles. The lowest BCUT2D eigenvalue weighted by Crippen LogP contribution is -2.18. The van der Waals surface area contributed by atoms with E-state index in [0.29, 0.717) is 9.99 Å². The van der Waals surface area contributed by atoms with Gasteiger partial charge < -0.3 is 4.57 Å². The lowest BCUT2D eigenvalue weighted by molar-refractivity contribution is 0.864. The third-order valence-electron chi connectivity index (χ3n) is 2.17. The highest BCUT2D eigenvalue weighted by molar-refractivity contribution is 14.1. The molecule has 0 bridgehead atoms. The molecule has 2 aromatic heterocycles. The number of pyridine rings is 2. The van der Waals surface area contributed by atoms with Crippen molar-refractivity contribution in [1.29, 1.82) is 5.26 Å². The van der Waals surface area contributed by atoms with Crippen LogP contribution >= 0.6 is 38.5 Å². The Labute approximate surface area is 113 Å². The third kappa shape index (κ3) is 1.74. The lowest BCUT2D eigenvalue weighted by atomic mass is 10.2. The zero-order valence-corrected chi connectivity index (χ0v) is 11.9. The van der Waals surface area contributed by atoms with Gasteiger partial charge in [-0.2, -0.15) is 5.26 Å². The SMILES string of the molecule is Cn1cc(I)c2cc(Br)c(C#N)nc2c1=O. The summed E-state index contributed by atoms with van der Waals surface area (Å²) < 4.78 is 2.99. The minimum Gasteiger partial charge on any atom is -0.316 e. The van der Waals surface area contributed by atoms with Crippen LogP contribution in [0.5, 0.6) is 0 Å². The second-order valence-corrected chi connectivity index (χ2v) is 5.24. The molecule has 0 radical (unpaired) electrons. The Morgan fingerprint density at radius 1 is 1.62 bits per heavy atom. The molecule has 0 N–H and O–H groups in total. The molecule has 16 heavy (non-hydrogen) atoms. The van der Waals surface area contributed by atoms with E-state index in [2.05, 4.69) is 43.5 Å². The van der Waals surface area contributed by atoms with Crippen LogP contribution in [0, 0.1) is 14.9 Å². The van der Waals surface area contributed by atoms with Crippen LogP contribution in [0.25, 0.3) is 10.9 Å². The van der Waals surface area contributed by atoms with Gasteiger partial charge >= 0.3 is 0 Å². The fourth-order valence-corrected chi connectivity index (χ4v) is 2.61. The summed E-state index contributed by atoms with van der Waals surface area (Å²) in [4.78, 5) is 15.9. The Balaban J connectivity index is 3.04. The highest BCUT2D eigenvalue weighted by atomic mass is 127. The molecule has 0 fully saturated rings. The normalized spacial score (nSPS) is 10.4. The average molecular weight is 390 g/mol. The van der Waals surface area contributed by atoms with Gasteiger partial charge in [-0.1, -0.05) is 0 Å². The summed E-state index contributed by atoms with van der Waals surface area (Å²) in [6.07, 6.45) is 1.74.